The Morgan fingerprint density at radius 1 is 1.21 bits per heavy atom. The first kappa shape index (κ1) is 12.8. The fourth-order valence-electron chi connectivity index (χ4n) is 2.25. The minimum atomic E-state index is 0.726. The van der Waals surface area contributed by atoms with Gasteiger partial charge in [-0.15, -0.1) is 0 Å². The predicted octanol–water partition coefficient (Wildman–Crippen LogP) is 1.92. The van der Waals surface area contributed by atoms with Crippen LogP contribution in [-0.4, -0.2) is 61.2 Å². The van der Waals surface area contributed by atoms with E-state index in [2.05, 4.69) is 27.9 Å². The van der Waals surface area contributed by atoms with Crippen molar-refractivity contribution in [3.05, 3.63) is 24.3 Å². The van der Waals surface area contributed by atoms with Gasteiger partial charge in [0.1, 0.15) is 6.61 Å². The third-order valence-electron chi connectivity index (χ3n) is 3.50. The molecule has 0 bridgehead atoms. The first-order valence-electron chi connectivity index (χ1n) is 6.70. The van der Waals surface area contributed by atoms with E-state index in [1.165, 1.54) is 4.70 Å². The molecule has 1 aliphatic heterocycles. The van der Waals surface area contributed by atoms with Crippen molar-refractivity contribution in [2.24, 2.45) is 0 Å². The van der Waals surface area contributed by atoms with E-state index >= 15 is 0 Å². The van der Waals surface area contributed by atoms with Gasteiger partial charge in [-0.05, 0) is 19.2 Å². The summed E-state index contributed by atoms with van der Waals surface area (Å²) in [6, 6.07) is 8.16. The van der Waals surface area contributed by atoms with E-state index in [9.17, 15) is 0 Å². The molecule has 1 aromatic carbocycles. The van der Waals surface area contributed by atoms with Crippen molar-refractivity contribution in [3.63, 3.8) is 0 Å². The lowest BCUT2D eigenvalue weighted by molar-refractivity contribution is 0.133. The summed E-state index contributed by atoms with van der Waals surface area (Å²) in [5.41, 5.74) is 1.03. The molecule has 0 radical (unpaired) electrons. The summed E-state index contributed by atoms with van der Waals surface area (Å²) < 4.78 is 6.96. The Morgan fingerprint density at radius 3 is 2.79 bits per heavy atom. The van der Waals surface area contributed by atoms with Gasteiger partial charge in [0.25, 0.3) is 5.19 Å². The Labute approximate surface area is 117 Å². The molecule has 1 fully saturated rings. The van der Waals surface area contributed by atoms with Gasteiger partial charge in [-0.3, -0.25) is 4.90 Å². The largest absolute Gasteiger partial charge is 0.469 e. The SMILES string of the molecule is CN1CCN(CCOc2nc3ccccc3s2)CC1. The summed E-state index contributed by atoms with van der Waals surface area (Å²) >= 11 is 1.62. The number of hydrogen-bond acceptors (Lipinski definition) is 5. The van der Waals surface area contributed by atoms with Crippen LogP contribution >= 0.6 is 11.3 Å². The van der Waals surface area contributed by atoms with E-state index < -0.39 is 0 Å². The molecule has 4 nitrogen and oxygen atoms in total. The second-order valence-electron chi connectivity index (χ2n) is 4.94. The topological polar surface area (TPSA) is 28.6 Å². The summed E-state index contributed by atoms with van der Waals surface area (Å²) in [6.07, 6.45) is 0. The number of benzene rings is 1. The normalized spacial score (nSPS) is 17.9. The highest BCUT2D eigenvalue weighted by atomic mass is 32.1. The second kappa shape index (κ2) is 5.86. The van der Waals surface area contributed by atoms with Gasteiger partial charge < -0.3 is 9.64 Å². The average Bonchev–Trinajstić information content (AvgIpc) is 2.83. The minimum Gasteiger partial charge on any atom is -0.469 e. The number of likely N-dealkylation sites (N-methyl/N-ethyl adjacent to an activating group) is 1. The van der Waals surface area contributed by atoms with Crippen LogP contribution < -0.4 is 4.74 Å². The Hall–Kier alpha value is -1.17. The number of piperazine rings is 1. The van der Waals surface area contributed by atoms with Gasteiger partial charge >= 0.3 is 0 Å². The number of nitrogens with zero attached hydrogens (tertiary/aromatic N) is 3. The minimum absolute atomic E-state index is 0.726. The van der Waals surface area contributed by atoms with E-state index in [0.29, 0.717) is 0 Å². The molecule has 5 heteroatoms. The van der Waals surface area contributed by atoms with Crippen LogP contribution in [0.25, 0.3) is 10.2 Å². The maximum atomic E-state index is 5.77. The molecule has 1 aromatic heterocycles. The molecule has 0 N–H and O–H groups in total. The molecule has 0 aliphatic carbocycles. The van der Waals surface area contributed by atoms with Gasteiger partial charge in [-0.25, -0.2) is 4.98 Å². The molecule has 0 unspecified atom stereocenters. The molecule has 102 valence electrons. The van der Waals surface area contributed by atoms with Crippen LogP contribution in [-0.2, 0) is 0 Å². The highest BCUT2D eigenvalue weighted by molar-refractivity contribution is 7.20. The number of aromatic nitrogens is 1. The zero-order valence-electron chi connectivity index (χ0n) is 11.2. The molecular weight excluding hydrogens is 258 g/mol. The molecule has 3 rings (SSSR count). The average molecular weight is 277 g/mol. The quantitative estimate of drug-likeness (QED) is 0.854. The molecule has 0 spiro atoms. The van der Waals surface area contributed by atoms with Crippen molar-refractivity contribution in [2.75, 3.05) is 46.4 Å². The molecule has 2 aromatic rings. The second-order valence-corrected chi connectivity index (χ2v) is 5.93. The van der Waals surface area contributed by atoms with Crippen molar-refractivity contribution < 1.29 is 4.74 Å². The first-order chi connectivity index (χ1) is 9.31. The van der Waals surface area contributed by atoms with E-state index in [-0.39, 0.29) is 0 Å². The number of rotatable bonds is 4. The Balaban J connectivity index is 1.49. The molecule has 1 aliphatic rings. The van der Waals surface area contributed by atoms with Crippen molar-refractivity contribution >= 4 is 21.6 Å². The van der Waals surface area contributed by atoms with Gasteiger partial charge in [0.15, 0.2) is 0 Å². The number of ether oxygens (including phenoxy) is 1. The summed E-state index contributed by atoms with van der Waals surface area (Å²) in [7, 11) is 2.18. The fourth-order valence-corrected chi connectivity index (χ4v) is 3.09. The van der Waals surface area contributed by atoms with Gasteiger partial charge in [0.05, 0.1) is 10.2 Å². The molecule has 0 amide bonds. The standard InChI is InChI=1S/C14H19N3OS/c1-16-6-8-17(9-7-16)10-11-18-14-15-12-4-2-3-5-13(12)19-14/h2-5H,6-11H2,1H3. The molecule has 2 heterocycles. The van der Waals surface area contributed by atoms with Crippen LogP contribution in [0.1, 0.15) is 0 Å². The molecule has 1 saturated heterocycles. The zero-order chi connectivity index (χ0) is 13.1. The Bertz CT molecular complexity index is 501. The number of hydrogen-bond donors (Lipinski definition) is 0. The highest BCUT2D eigenvalue weighted by Gasteiger charge is 2.13. The summed E-state index contributed by atoms with van der Waals surface area (Å²) in [5, 5.41) is 0.787. The maximum absolute atomic E-state index is 5.77. The van der Waals surface area contributed by atoms with Gasteiger partial charge in [0.2, 0.25) is 0 Å². The predicted molar refractivity (Wildman–Crippen MR) is 79.1 cm³/mol. The van der Waals surface area contributed by atoms with Crippen LogP contribution in [0.4, 0.5) is 0 Å². The van der Waals surface area contributed by atoms with Crippen LogP contribution in [0, 0.1) is 0 Å². The van der Waals surface area contributed by atoms with Crippen LogP contribution in [0.5, 0.6) is 5.19 Å². The Kier molecular flexibility index (Phi) is 3.96. The van der Waals surface area contributed by atoms with Gasteiger partial charge in [-0.1, -0.05) is 23.5 Å². The zero-order valence-corrected chi connectivity index (χ0v) is 12.0. The highest BCUT2D eigenvalue weighted by Crippen LogP contribution is 2.27. The van der Waals surface area contributed by atoms with E-state index in [0.717, 1.165) is 50.0 Å². The van der Waals surface area contributed by atoms with E-state index in [4.69, 9.17) is 4.74 Å². The van der Waals surface area contributed by atoms with E-state index in [1.54, 1.807) is 11.3 Å². The first-order valence-corrected chi connectivity index (χ1v) is 7.52. The smallest absolute Gasteiger partial charge is 0.274 e. The Morgan fingerprint density at radius 2 is 2.00 bits per heavy atom. The lowest BCUT2D eigenvalue weighted by Crippen LogP contribution is -2.45. The number of fused-ring (bicyclic) bond motifs is 1. The van der Waals surface area contributed by atoms with Crippen molar-refractivity contribution in [3.8, 4) is 5.19 Å². The lowest BCUT2D eigenvalue weighted by Gasteiger charge is -2.31. The third kappa shape index (κ3) is 3.23. The molecule has 0 saturated carbocycles. The molecule has 19 heavy (non-hydrogen) atoms. The summed E-state index contributed by atoms with van der Waals surface area (Å²) in [6.45, 7) is 6.30. The van der Waals surface area contributed by atoms with Crippen molar-refractivity contribution in [1.82, 2.24) is 14.8 Å². The summed E-state index contributed by atoms with van der Waals surface area (Å²) in [5.74, 6) is 0. The lowest BCUT2D eigenvalue weighted by atomic mass is 10.3. The van der Waals surface area contributed by atoms with Crippen molar-refractivity contribution in [2.45, 2.75) is 0 Å². The van der Waals surface area contributed by atoms with Gasteiger partial charge in [0, 0.05) is 32.7 Å². The number of thiazole rings is 1. The van der Waals surface area contributed by atoms with Crippen LogP contribution in [0.2, 0.25) is 0 Å². The van der Waals surface area contributed by atoms with Crippen LogP contribution in [0.3, 0.4) is 0 Å². The molecular formula is C14H19N3OS. The van der Waals surface area contributed by atoms with Crippen molar-refractivity contribution in [1.29, 1.82) is 0 Å². The summed E-state index contributed by atoms with van der Waals surface area (Å²) in [4.78, 5) is 9.29. The van der Waals surface area contributed by atoms with E-state index in [1.807, 2.05) is 18.2 Å². The number of para-hydroxylation sites is 1. The maximum Gasteiger partial charge on any atom is 0.274 e. The fraction of sp³-hybridized carbons (Fsp3) is 0.500. The van der Waals surface area contributed by atoms with Gasteiger partial charge in [-0.2, -0.15) is 0 Å². The molecule has 0 atom stereocenters. The van der Waals surface area contributed by atoms with Crippen LogP contribution in [0.15, 0.2) is 24.3 Å². The monoisotopic (exact) mass is 277 g/mol. The third-order valence-corrected chi connectivity index (χ3v) is 4.45.